The lowest BCUT2D eigenvalue weighted by Crippen LogP contribution is -2.21. The van der Waals surface area contributed by atoms with Gasteiger partial charge in [-0.15, -0.1) is 0 Å². The molecule has 0 aromatic heterocycles. The second-order valence-electron chi connectivity index (χ2n) is 4.17. The minimum atomic E-state index is -0.970. The van der Waals surface area contributed by atoms with Crippen LogP contribution in [-0.4, -0.2) is 31.0 Å². The van der Waals surface area contributed by atoms with Crippen LogP contribution in [0.3, 0.4) is 0 Å². The molecule has 1 unspecified atom stereocenters. The molecule has 4 heteroatoms. The highest BCUT2D eigenvalue weighted by Gasteiger charge is 2.23. The number of rotatable bonds is 6. The topological polar surface area (TPSA) is 58.9 Å². The van der Waals surface area contributed by atoms with Gasteiger partial charge in [-0.3, -0.25) is 0 Å². The molecule has 0 saturated heterocycles. The normalized spacial score (nSPS) is 14.2. The minimum absolute atomic E-state index is 0.0729. The molecule has 0 aliphatic rings. The van der Waals surface area contributed by atoms with Crippen molar-refractivity contribution < 1.29 is 19.7 Å². The molecule has 0 saturated carbocycles. The van der Waals surface area contributed by atoms with Gasteiger partial charge in [-0.25, -0.2) is 0 Å². The molecule has 17 heavy (non-hydrogen) atoms. The van der Waals surface area contributed by atoms with Crippen LogP contribution in [0, 0.1) is 0 Å². The first-order chi connectivity index (χ1) is 8.05. The first-order valence-electron chi connectivity index (χ1n) is 5.61. The van der Waals surface area contributed by atoms with Gasteiger partial charge in [0.05, 0.1) is 19.8 Å². The first-order valence-corrected chi connectivity index (χ1v) is 5.61. The van der Waals surface area contributed by atoms with Crippen LogP contribution in [0.15, 0.2) is 18.2 Å². The van der Waals surface area contributed by atoms with Crippen LogP contribution in [0.5, 0.6) is 11.5 Å². The molecule has 0 fully saturated rings. The maximum atomic E-state index is 10.3. The Labute approximate surface area is 102 Å². The fourth-order valence-electron chi connectivity index (χ4n) is 1.74. The lowest BCUT2D eigenvalue weighted by atomic mass is 9.91. The molecule has 0 radical (unpaired) electrons. The van der Waals surface area contributed by atoms with Crippen LogP contribution in [0.1, 0.15) is 25.3 Å². The maximum absolute atomic E-state index is 10.3. The van der Waals surface area contributed by atoms with E-state index in [1.165, 1.54) is 0 Å². The molecule has 1 atom stereocenters. The van der Waals surface area contributed by atoms with Crippen molar-refractivity contribution in [3.05, 3.63) is 23.8 Å². The molecule has 0 aliphatic heterocycles. The molecule has 4 nitrogen and oxygen atoms in total. The van der Waals surface area contributed by atoms with E-state index in [0.717, 1.165) is 5.56 Å². The monoisotopic (exact) mass is 240 g/mol. The van der Waals surface area contributed by atoms with Gasteiger partial charge in [0.2, 0.25) is 0 Å². The van der Waals surface area contributed by atoms with Crippen molar-refractivity contribution in [2.45, 2.75) is 25.4 Å². The van der Waals surface area contributed by atoms with E-state index >= 15 is 0 Å². The number of hydrogen-bond donors (Lipinski definition) is 2. The highest BCUT2D eigenvalue weighted by Crippen LogP contribution is 2.34. The molecule has 0 amide bonds. The van der Waals surface area contributed by atoms with Crippen LogP contribution >= 0.6 is 0 Å². The molecule has 1 rings (SSSR count). The van der Waals surface area contributed by atoms with Gasteiger partial charge in [-0.1, -0.05) is 6.07 Å². The largest absolute Gasteiger partial charge is 0.493 e. The van der Waals surface area contributed by atoms with Gasteiger partial charge in [0.25, 0.3) is 0 Å². The Bertz CT molecular complexity index is 360. The molecule has 0 bridgehead atoms. The number of benzene rings is 1. The van der Waals surface area contributed by atoms with Crippen LogP contribution in [0.4, 0.5) is 0 Å². The Hall–Kier alpha value is -1.26. The Morgan fingerprint density at radius 1 is 1.18 bits per heavy atom. The summed E-state index contributed by atoms with van der Waals surface area (Å²) >= 11 is 0. The summed E-state index contributed by atoms with van der Waals surface area (Å²) in [6.07, 6.45) is 1.06. The van der Waals surface area contributed by atoms with Crippen molar-refractivity contribution in [3.8, 4) is 11.5 Å². The van der Waals surface area contributed by atoms with Crippen LogP contribution < -0.4 is 9.47 Å². The van der Waals surface area contributed by atoms with E-state index in [1.807, 2.05) is 0 Å². The Balaban J connectivity index is 2.98. The SMILES string of the molecule is COc1ccc(C(C)(O)CCCO)cc1OC. The molecule has 0 spiro atoms. The summed E-state index contributed by atoms with van der Waals surface area (Å²) in [5.41, 5.74) is -0.217. The quantitative estimate of drug-likeness (QED) is 0.794. The van der Waals surface area contributed by atoms with Gasteiger partial charge in [0.15, 0.2) is 11.5 Å². The molecule has 96 valence electrons. The van der Waals surface area contributed by atoms with Crippen molar-refractivity contribution in [2.75, 3.05) is 20.8 Å². The molecule has 1 aromatic rings. The summed E-state index contributed by atoms with van der Waals surface area (Å²) < 4.78 is 10.3. The van der Waals surface area contributed by atoms with E-state index in [1.54, 1.807) is 39.3 Å². The lowest BCUT2D eigenvalue weighted by Gasteiger charge is -2.24. The Morgan fingerprint density at radius 3 is 2.35 bits per heavy atom. The van der Waals surface area contributed by atoms with Crippen molar-refractivity contribution >= 4 is 0 Å². The smallest absolute Gasteiger partial charge is 0.161 e. The standard InChI is InChI=1S/C13H20O4/c1-13(15,7-4-8-14)10-5-6-11(16-2)12(9-10)17-3/h5-6,9,14-15H,4,7-8H2,1-3H3. The number of aliphatic hydroxyl groups is 2. The van der Waals surface area contributed by atoms with Gasteiger partial charge in [0.1, 0.15) is 0 Å². The Morgan fingerprint density at radius 2 is 1.82 bits per heavy atom. The fraction of sp³-hybridized carbons (Fsp3) is 0.538. The van der Waals surface area contributed by atoms with Gasteiger partial charge < -0.3 is 19.7 Å². The predicted molar refractivity (Wildman–Crippen MR) is 65.4 cm³/mol. The van der Waals surface area contributed by atoms with E-state index in [-0.39, 0.29) is 6.61 Å². The minimum Gasteiger partial charge on any atom is -0.493 e. The average Bonchev–Trinajstić information content (AvgIpc) is 2.35. The summed E-state index contributed by atoms with van der Waals surface area (Å²) in [7, 11) is 3.13. The van der Waals surface area contributed by atoms with Gasteiger partial charge >= 0.3 is 0 Å². The second-order valence-corrected chi connectivity index (χ2v) is 4.17. The van der Waals surface area contributed by atoms with Crippen molar-refractivity contribution in [1.82, 2.24) is 0 Å². The molecule has 0 heterocycles. The summed E-state index contributed by atoms with van der Waals surface area (Å²) in [6, 6.07) is 5.33. The maximum Gasteiger partial charge on any atom is 0.161 e. The first kappa shape index (κ1) is 13.8. The molecular formula is C13H20O4. The van der Waals surface area contributed by atoms with Gasteiger partial charge in [0, 0.05) is 6.61 Å². The zero-order valence-corrected chi connectivity index (χ0v) is 10.6. The third kappa shape index (κ3) is 3.35. The molecule has 1 aromatic carbocycles. The van der Waals surface area contributed by atoms with Crippen LogP contribution in [0.2, 0.25) is 0 Å². The van der Waals surface area contributed by atoms with Crippen molar-refractivity contribution in [1.29, 1.82) is 0 Å². The second kappa shape index (κ2) is 5.89. The number of aliphatic hydroxyl groups excluding tert-OH is 1. The Kier molecular flexibility index (Phi) is 4.78. The van der Waals surface area contributed by atoms with Gasteiger partial charge in [-0.2, -0.15) is 0 Å². The van der Waals surface area contributed by atoms with Gasteiger partial charge in [-0.05, 0) is 37.5 Å². The summed E-state index contributed by atoms with van der Waals surface area (Å²) in [5.74, 6) is 1.23. The predicted octanol–water partition coefficient (Wildman–Crippen LogP) is 1.68. The van der Waals surface area contributed by atoms with Crippen molar-refractivity contribution in [2.24, 2.45) is 0 Å². The third-order valence-electron chi connectivity index (χ3n) is 2.83. The number of ether oxygens (including phenoxy) is 2. The van der Waals surface area contributed by atoms with E-state index in [0.29, 0.717) is 24.3 Å². The molecule has 0 aliphatic carbocycles. The average molecular weight is 240 g/mol. The van der Waals surface area contributed by atoms with E-state index in [4.69, 9.17) is 14.6 Å². The lowest BCUT2D eigenvalue weighted by molar-refractivity contribution is 0.0401. The zero-order chi connectivity index (χ0) is 12.9. The van der Waals surface area contributed by atoms with E-state index in [9.17, 15) is 5.11 Å². The molecule has 2 N–H and O–H groups in total. The van der Waals surface area contributed by atoms with E-state index in [2.05, 4.69) is 0 Å². The highest BCUT2D eigenvalue weighted by atomic mass is 16.5. The third-order valence-corrected chi connectivity index (χ3v) is 2.83. The highest BCUT2D eigenvalue weighted by molar-refractivity contribution is 5.44. The zero-order valence-electron chi connectivity index (χ0n) is 10.6. The number of methoxy groups -OCH3 is 2. The summed E-state index contributed by atoms with van der Waals surface area (Å²) in [6.45, 7) is 1.80. The summed E-state index contributed by atoms with van der Waals surface area (Å²) in [5, 5.41) is 19.1. The van der Waals surface area contributed by atoms with Crippen LogP contribution in [0.25, 0.3) is 0 Å². The molecular weight excluding hydrogens is 220 g/mol. The van der Waals surface area contributed by atoms with E-state index < -0.39 is 5.60 Å². The fourth-order valence-corrected chi connectivity index (χ4v) is 1.74. The van der Waals surface area contributed by atoms with Crippen molar-refractivity contribution in [3.63, 3.8) is 0 Å². The summed E-state index contributed by atoms with van der Waals surface area (Å²) in [4.78, 5) is 0. The number of hydrogen-bond acceptors (Lipinski definition) is 4. The van der Waals surface area contributed by atoms with Crippen LogP contribution in [-0.2, 0) is 5.60 Å².